The molecule has 0 aliphatic carbocycles. The summed E-state index contributed by atoms with van der Waals surface area (Å²) in [6.45, 7) is 4.53. The fourth-order valence-electron chi connectivity index (χ4n) is 4.91. The Hall–Kier alpha value is 0.366. The summed E-state index contributed by atoms with van der Waals surface area (Å²) >= 11 is 0. The number of rotatable bonds is 30. The molecule has 0 aromatic heterocycles. The molecule has 0 amide bonds. The van der Waals surface area contributed by atoms with Crippen LogP contribution in [0.2, 0.25) is 0 Å². The third-order valence-electron chi connectivity index (χ3n) is 7.51. The fourth-order valence-corrected chi connectivity index (χ4v) is 4.91. The fraction of sp³-hybridized carbons (Fsp3) is 0.833. The minimum absolute atomic E-state index is 0. The van der Waals surface area contributed by atoms with E-state index >= 15 is 0 Å². The maximum atomic E-state index is 11.9. The van der Waals surface area contributed by atoms with Gasteiger partial charge in [-0.2, -0.15) is 0 Å². The summed E-state index contributed by atoms with van der Waals surface area (Å²) in [6, 6.07) is 0. The van der Waals surface area contributed by atoms with E-state index in [1.165, 1.54) is 128 Å². The van der Waals surface area contributed by atoms with Gasteiger partial charge in [0, 0.05) is 12.8 Å². The molecule has 0 aliphatic heterocycles. The van der Waals surface area contributed by atoms with Crippen LogP contribution in [-0.2, 0) is 18.9 Å². The molecule has 0 radical (unpaired) electrons. The summed E-state index contributed by atoms with van der Waals surface area (Å²) in [5.74, 6) is -0.684. The van der Waals surface area contributed by atoms with Gasteiger partial charge in [0.1, 0.15) is 0 Å². The molecule has 0 fully saturated rings. The molecule has 0 bridgehead atoms. The molecule has 0 saturated carbocycles. The van der Waals surface area contributed by atoms with Gasteiger partial charge in [-0.05, 0) is 64.2 Å². The van der Waals surface area contributed by atoms with Crippen molar-refractivity contribution in [2.45, 2.75) is 194 Å². The predicted octanol–water partition coefficient (Wildman–Crippen LogP) is 10.6. The van der Waals surface area contributed by atoms with Gasteiger partial charge in [0.05, 0.1) is 0 Å². The van der Waals surface area contributed by atoms with Crippen molar-refractivity contribution in [3.05, 3.63) is 24.3 Å². The average molecular weight is 685 g/mol. The molecule has 0 saturated heterocycles. The molecular weight excluding hydrogens is 614 g/mol. The average Bonchev–Trinajstić information content (AvgIpc) is 2.96. The Bertz CT molecular complexity index is 679. The summed E-state index contributed by atoms with van der Waals surface area (Å²) in [5, 5.41) is 0. The van der Waals surface area contributed by atoms with Crippen LogP contribution in [0.5, 0.6) is 0 Å². The van der Waals surface area contributed by atoms with Crippen molar-refractivity contribution in [2.75, 3.05) is 0 Å². The van der Waals surface area contributed by atoms with E-state index in [0.29, 0.717) is 12.8 Å². The van der Waals surface area contributed by atoms with Gasteiger partial charge in [-0.25, -0.2) is 4.57 Å². The van der Waals surface area contributed by atoms with Crippen molar-refractivity contribution in [2.24, 2.45) is 0 Å². The Balaban J connectivity index is -0.00000270. The predicted molar refractivity (Wildman–Crippen MR) is 191 cm³/mol. The SMILES string of the molecule is CCCCCCCCC=CCCCCCCCC(=O)OC(=O)CCCCCCCC=CCCCCCCCC.O=P(O)(O)O.[KH]. The molecule has 0 aromatic rings. The number of unbranched alkanes of at least 4 members (excludes halogenated alkanes) is 22. The van der Waals surface area contributed by atoms with Gasteiger partial charge in [0.25, 0.3) is 0 Å². The van der Waals surface area contributed by atoms with Crippen LogP contribution in [0, 0.1) is 0 Å². The van der Waals surface area contributed by atoms with Crippen LogP contribution in [0.3, 0.4) is 0 Å². The second-order valence-electron chi connectivity index (χ2n) is 12.0. The summed E-state index contributed by atoms with van der Waals surface area (Å²) in [5.41, 5.74) is 0. The van der Waals surface area contributed by atoms with Crippen LogP contribution in [0.25, 0.3) is 0 Å². The van der Waals surface area contributed by atoms with Crippen LogP contribution < -0.4 is 0 Å². The van der Waals surface area contributed by atoms with Crippen molar-refractivity contribution >= 4 is 71.1 Å². The van der Waals surface area contributed by atoms with Gasteiger partial charge in [-0.3, -0.25) is 9.59 Å². The van der Waals surface area contributed by atoms with E-state index in [1.54, 1.807) is 0 Å². The summed E-state index contributed by atoms with van der Waals surface area (Å²) in [4.78, 5) is 45.3. The van der Waals surface area contributed by atoms with Gasteiger partial charge in [0.15, 0.2) is 0 Å². The van der Waals surface area contributed by atoms with Gasteiger partial charge in [0.2, 0.25) is 0 Å². The van der Waals surface area contributed by atoms with E-state index < -0.39 is 7.82 Å². The Kier molecular flexibility index (Phi) is 44.8. The van der Waals surface area contributed by atoms with E-state index in [2.05, 4.69) is 38.2 Å². The Morgan fingerprint density at radius 3 is 0.956 bits per heavy atom. The molecule has 0 spiro atoms. The first-order valence-electron chi connectivity index (χ1n) is 18.0. The van der Waals surface area contributed by atoms with Gasteiger partial charge in [-0.15, -0.1) is 0 Å². The first-order valence-corrected chi connectivity index (χ1v) is 19.6. The van der Waals surface area contributed by atoms with Crippen LogP contribution >= 0.6 is 7.82 Å². The number of carbonyl (C=O) groups excluding carboxylic acids is 2. The topological polar surface area (TPSA) is 121 Å². The Labute approximate surface area is 319 Å². The number of hydrogen-bond donors (Lipinski definition) is 3. The van der Waals surface area contributed by atoms with Crippen LogP contribution in [0.4, 0.5) is 0 Å². The molecule has 3 N–H and O–H groups in total. The molecule has 9 heteroatoms. The summed E-state index contributed by atoms with van der Waals surface area (Å²) in [7, 11) is -4.64. The summed E-state index contributed by atoms with van der Waals surface area (Å²) in [6.07, 6.45) is 42.2. The normalized spacial score (nSPS) is 11.4. The zero-order chi connectivity index (χ0) is 33.0. The molecule has 0 atom stereocenters. The van der Waals surface area contributed by atoms with Gasteiger partial charge in [-0.1, -0.05) is 141 Å². The Morgan fingerprint density at radius 2 is 0.689 bits per heavy atom. The molecule has 262 valence electrons. The quantitative estimate of drug-likeness (QED) is 0.0172. The number of phosphoric acid groups is 1. The number of ether oxygens (including phenoxy) is 1. The molecule has 0 unspecified atom stereocenters. The van der Waals surface area contributed by atoms with Gasteiger partial charge >= 0.3 is 71.1 Å². The molecule has 45 heavy (non-hydrogen) atoms. The standard InChI is InChI=1S/C36H66O3.K.H3O4P.H/c1-3-5-7-9-11-13-15-17-19-21-23-25-27-29-31-33-35(37)39-36(38)34-32-30-28-26-24-22-20-18-16-14-12-10-8-6-4-2;;1-5(2,3)4;/h17-20H,3-16,21-34H2,1-2H3;;(H3,1,2,3,4);. The monoisotopic (exact) mass is 684 g/mol. The van der Waals surface area contributed by atoms with Crippen LogP contribution in [-0.4, -0.2) is 78.0 Å². The third-order valence-corrected chi connectivity index (χ3v) is 7.51. The van der Waals surface area contributed by atoms with Crippen molar-refractivity contribution in [3.63, 3.8) is 0 Å². The first-order chi connectivity index (χ1) is 21.2. The van der Waals surface area contributed by atoms with Crippen molar-refractivity contribution in [3.8, 4) is 0 Å². The second kappa shape index (κ2) is 40.5. The van der Waals surface area contributed by atoms with Crippen molar-refractivity contribution in [1.29, 1.82) is 0 Å². The first kappa shape index (κ1) is 49.8. The number of hydrogen-bond acceptors (Lipinski definition) is 4. The summed E-state index contributed by atoms with van der Waals surface area (Å²) < 4.78 is 13.9. The molecule has 0 rings (SSSR count). The molecule has 0 aliphatic rings. The molecule has 7 nitrogen and oxygen atoms in total. The number of allylic oxidation sites excluding steroid dienone is 4. The van der Waals surface area contributed by atoms with Crippen LogP contribution in [0.1, 0.15) is 194 Å². The second-order valence-corrected chi connectivity index (χ2v) is 13.1. The van der Waals surface area contributed by atoms with E-state index in [4.69, 9.17) is 24.0 Å². The van der Waals surface area contributed by atoms with E-state index in [-0.39, 0.29) is 63.3 Å². The van der Waals surface area contributed by atoms with Gasteiger partial charge < -0.3 is 19.4 Å². The molecule has 0 heterocycles. The zero-order valence-electron chi connectivity index (χ0n) is 28.5. The van der Waals surface area contributed by atoms with Crippen molar-refractivity contribution < 1.29 is 33.6 Å². The molecular formula is C36H70KO7P. The number of esters is 2. The van der Waals surface area contributed by atoms with Crippen molar-refractivity contribution in [1.82, 2.24) is 0 Å². The molecule has 0 aromatic carbocycles. The van der Waals surface area contributed by atoms with E-state index in [0.717, 1.165) is 38.5 Å². The zero-order valence-corrected chi connectivity index (χ0v) is 29.4. The third kappa shape index (κ3) is 54.1. The van der Waals surface area contributed by atoms with E-state index in [1.807, 2.05) is 0 Å². The Morgan fingerprint density at radius 1 is 0.467 bits per heavy atom. The van der Waals surface area contributed by atoms with Crippen LogP contribution in [0.15, 0.2) is 24.3 Å². The number of carbonyl (C=O) groups is 2. The van der Waals surface area contributed by atoms with E-state index in [9.17, 15) is 9.59 Å². The minimum atomic E-state index is -4.64. The maximum absolute atomic E-state index is 11.9.